The molecule has 0 bridgehead atoms. The summed E-state index contributed by atoms with van der Waals surface area (Å²) in [7, 11) is 1.76. The molecule has 3 rings (SSSR count). The zero-order chi connectivity index (χ0) is 17.6. The van der Waals surface area contributed by atoms with Crippen LogP contribution in [0.5, 0.6) is 0 Å². The van der Waals surface area contributed by atoms with Gasteiger partial charge in [0.25, 0.3) is 0 Å². The number of hydrogen-bond donors (Lipinski definition) is 0. The third kappa shape index (κ3) is 4.18. The molecule has 2 aromatic carbocycles. The molecule has 0 N–H and O–H groups in total. The molecule has 0 aliphatic heterocycles. The Kier molecular flexibility index (Phi) is 5.67. The number of aryl methyl sites for hydroxylation is 1. The Bertz CT molecular complexity index is 802. The molecule has 1 heteroatoms. The van der Waals surface area contributed by atoms with Crippen molar-refractivity contribution in [3.05, 3.63) is 89.0 Å². The molecule has 1 aliphatic rings. The van der Waals surface area contributed by atoms with E-state index in [9.17, 15) is 0 Å². The summed E-state index contributed by atoms with van der Waals surface area (Å²) in [5.74, 6) is 0. The lowest BCUT2D eigenvalue weighted by atomic mass is 9.98. The number of benzene rings is 2. The monoisotopic (exact) mass is 330 g/mol. The number of allylic oxidation sites excluding steroid dienone is 4. The van der Waals surface area contributed by atoms with Crippen molar-refractivity contribution >= 4 is 5.57 Å². The van der Waals surface area contributed by atoms with E-state index in [4.69, 9.17) is 4.74 Å². The van der Waals surface area contributed by atoms with Crippen molar-refractivity contribution in [3.8, 4) is 11.1 Å². The molecule has 0 fully saturated rings. The summed E-state index contributed by atoms with van der Waals surface area (Å²) in [6, 6.07) is 17.6. The molecule has 0 unspecified atom stereocenters. The first-order valence-corrected chi connectivity index (χ1v) is 8.97. The van der Waals surface area contributed by atoms with Crippen LogP contribution in [0, 0.1) is 6.92 Å². The van der Waals surface area contributed by atoms with Crippen LogP contribution in [0.2, 0.25) is 0 Å². The smallest absolute Gasteiger partial charge is 0.0715 e. The van der Waals surface area contributed by atoms with Gasteiger partial charge in [0, 0.05) is 7.11 Å². The van der Waals surface area contributed by atoms with E-state index < -0.39 is 0 Å². The topological polar surface area (TPSA) is 9.23 Å². The zero-order valence-electron chi connectivity index (χ0n) is 15.4. The summed E-state index contributed by atoms with van der Waals surface area (Å²) in [5, 5.41) is 0. The maximum atomic E-state index is 5.34. The predicted octanol–water partition coefficient (Wildman–Crippen LogP) is 6.36. The van der Waals surface area contributed by atoms with Gasteiger partial charge in [-0.15, -0.1) is 0 Å². The van der Waals surface area contributed by atoms with E-state index in [0.29, 0.717) is 6.61 Å². The number of ether oxygens (including phenoxy) is 1. The number of rotatable bonds is 5. The molecule has 2 aromatic rings. The van der Waals surface area contributed by atoms with Gasteiger partial charge < -0.3 is 4.74 Å². The van der Waals surface area contributed by atoms with E-state index in [-0.39, 0.29) is 0 Å². The lowest BCUT2D eigenvalue weighted by Gasteiger charge is -2.08. The summed E-state index contributed by atoms with van der Waals surface area (Å²) < 4.78 is 5.34. The van der Waals surface area contributed by atoms with Crippen molar-refractivity contribution in [2.24, 2.45) is 0 Å². The SMILES string of the molecule is CCC1=CCC(c2ccc(-c3ccc(C)cc3)cc2)=CC=C1COC. The Labute approximate surface area is 151 Å². The standard InChI is InChI=1S/C24H26O/c1-4-19-9-10-21(15-16-24(19)17-25-3)23-13-11-22(12-14-23)20-7-5-18(2)6-8-20/h5-9,11-16H,4,10,17H2,1-3H3. The third-order valence-corrected chi connectivity index (χ3v) is 4.79. The largest absolute Gasteiger partial charge is 0.380 e. The van der Waals surface area contributed by atoms with Gasteiger partial charge in [0.05, 0.1) is 6.61 Å². The summed E-state index contributed by atoms with van der Waals surface area (Å²) in [5.41, 5.74) is 9.15. The highest BCUT2D eigenvalue weighted by Crippen LogP contribution is 2.28. The first-order chi connectivity index (χ1) is 12.2. The summed E-state index contributed by atoms with van der Waals surface area (Å²) in [6.07, 6.45) is 8.82. The highest BCUT2D eigenvalue weighted by atomic mass is 16.5. The van der Waals surface area contributed by atoms with Gasteiger partial charge in [0.1, 0.15) is 0 Å². The lowest BCUT2D eigenvalue weighted by molar-refractivity contribution is 0.227. The van der Waals surface area contributed by atoms with E-state index in [1.54, 1.807) is 7.11 Å². The average molecular weight is 330 g/mol. The molecule has 128 valence electrons. The first-order valence-electron chi connectivity index (χ1n) is 8.97. The van der Waals surface area contributed by atoms with E-state index in [0.717, 1.165) is 12.8 Å². The molecule has 0 aromatic heterocycles. The fraction of sp³-hybridized carbons (Fsp3) is 0.250. The highest BCUT2D eigenvalue weighted by molar-refractivity contribution is 5.73. The van der Waals surface area contributed by atoms with Crippen LogP contribution in [-0.2, 0) is 4.74 Å². The maximum absolute atomic E-state index is 5.34. The minimum Gasteiger partial charge on any atom is -0.380 e. The van der Waals surface area contributed by atoms with E-state index >= 15 is 0 Å². The average Bonchev–Trinajstić information content (AvgIpc) is 2.85. The second-order valence-electron chi connectivity index (χ2n) is 6.55. The molecule has 0 radical (unpaired) electrons. The Hall–Kier alpha value is -2.38. The molecule has 0 heterocycles. The van der Waals surface area contributed by atoms with Crippen molar-refractivity contribution < 1.29 is 4.74 Å². The second kappa shape index (κ2) is 8.13. The first kappa shape index (κ1) is 17.4. The van der Waals surface area contributed by atoms with Gasteiger partial charge in [-0.2, -0.15) is 0 Å². The van der Waals surface area contributed by atoms with Crippen LogP contribution in [-0.4, -0.2) is 13.7 Å². The van der Waals surface area contributed by atoms with E-state index in [1.807, 2.05) is 0 Å². The molecule has 1 nitrogen and oxygen atoms in total. The fourth-order valence-electron chi connectivity index (χ4n) is 3.25. The molecular weight excluding hydrogens is 304 g/mol. The predicted molar refractivity (Wildman–Crippen MR) is 108 cm³/mol. The molecule has 25 heavy (non-hydrogen) atoms. The molecule has 0 saturated carbocycles. The number of methoxy groups -OCH3 is 1. The molecule has 0 saturated heterocycles. The normalized spacial score (nSPS) is 14.4. The third-order valence-electron chi connectivity index (χ3n) is 4.79. The van der Waals surface area contributed by atoms with Crippen LogP contribution in [0.3, 0.4) is 0 Å². The van der Waals surface area contributed by atoms with E-state index in [2.05, 4.69) is 80.6 Å². The van der Waals surface area contributed by atoms with Crippen LogP contribution in [0.4, 0.5) is 0 Å². The van der Waals surface area contributed by atoms with Crippen LogP contribution in [0.1, 0.15) is 30.9 Å². The highest BCUT2D eigenvalue weighted by Gasteiger charge is 2.09. The van der Waals surface area contributed by atoms with Gasteiger partial charge in [-0.25, -0.2) is 0 Å². The molecular formula is C24H26O. The van der Waals surface area contributed by atoms with Crippen LogP contribution < -0.4 is 0 Å². The quantitative estimate of drug-likeness (QED) is 0.620. The van der Waals surface area contributed by atoms with Gasteiger partial charge in [0.2, 0.25) is 0 Å². The van der Waals surface area contributed by atoms with Gasteiger partial charge >= 0.3 is 0 Å². The fourth-order valence-corrected chi connectivity index (χ4v) is 3.25. The molecule has 0 amide bonds. The van der Waals surface area contributed by atoms with Crippen molar-refractivity contribution in [3.63, 3.8) is 0 Å². The van der Waals surface area contributed by atoms with Gasteiger partial charge in [-0.05, 0) is 53.2 Å². The number of hydrogen-bond acceptors (Lipinski definition) is 1. The van der Waals surface area contributed by atoms with Crippen molar-refractivity contribution in [1.29, 1.82) is 0 Å². The van der Waals surface area contributed by atoms with Crippen LogP contribution in [0.25, 0.3) is 16.7 Å². The Morgan fingerprint density at radius 2 is 1.40 bits per heavy atom. The van der Waals surface area contributed by atoms with Crippen molar-refractivity contribution in [2.45, 2.75) is 26.7 Å². The Morgan fingerprint density at radius 1 is 0.800 bits per heavy atom. The van der Waals surface area contributed by atoms with Crippen molar-refractivity contribution in [1.82, 2.24) is 0 Å². The summed E-state index contributed by atoms with van der Waals surface area (Å²) in [4.78, 5) is 0. The summed E-state index contributed by atoms with van der Waals surface area (Å²) >= 11 is 0. The van der Waals surface area contributed by atoms with Gasteiger partial charge in [0.15, 0.2) is 0 Å². The van der Waals surface area contributed by atoms with Crippen molar-refractivity contribution in [2.75, 3.05) is 13.7 Å². The molecule has 1 aliphatic carbocycles. The Morgan fingerprint density at radius 3 is 2.00 bits per heavy atom. The molecule has 0 spiro atoms. The maximum Gasteiger partial charge on any atom is 0.0715 e. The minimum absolute atomic E-state index is 0.676. The van der Waals surface area contributed by atoms with Crippen LogP contribution in [0.15, 0.2) is 77.9 Å². The lowest BCUT2D eigenvalue weighted by Crippen LogP contribution is -1.97. The zero-order valence-corrected chi connectivity index (χ0v) is 15.4. The Balaban J connectivity index is 1.85. The van der Waals surface area contributed by atoms with E-state index in [1.165, 1.54) is 39.0 Å². The molecule has 0 atom stereocenters. The van der Waals surface area contributed by atoms with Gasteiger partial charge in [-0.1, -0.05) is 79.2 Å². The minimum atomic E-state index is 0.676. The summed E-state index contributed by atoms with van der Waals surface area (Å²) in [6.45, 7) is 5.00. The van der Waals surface area contributed by atoms with Crippen LogP contribution >= 0.6 is 0 Å². The van der Waals surface area contributed by atoms with Gasteiger partial charge in [-0.3, -0.25) is 0 Å². The second-order valence-corrected chi connectivity index (χ2v) is 6.55.